The SMILES string of the molecule is CCOc1cc(/C=N\NC(=O)Cc2ccc(C)cc2)ccc1OCc1ccc(Cl)cc1. The fraction of sp³-hybridized carbons (Fsp3) is 0.200. The average Bonchev–Trinajstić information content (AvgIpc) is 2.76. The number of hydrogen-bond acceptors (Lipinski definition) is 4. The molecule has 0 aliphatic rings. The number of carbonyl (C=O) groups is 1. The third-order valence-corrected chi connectivity index (χ3v) is 4.72. The summed E-state index contributed by atoms with van der Waals surface area (Å²) in [4.78, 5) is 12.1. The Morgan fingerprint density at radius 2 is 1.68 bits per heavy atom. The van der Waals surface area contributed by atoms with Crippen LogP contribution in [-0.2, 0) is 17.8 Å². The Balaban J connectivity index is 1.59. The van der Waals surface area contributed by atoms with Crippen LogP contribution in [0.1, 0.15) is 29.2 Å². The standard InChI is InChI=1S/C25H25ClN2O3/c1-3-30-24-14-21(10-13-23(24)31-17-20-8-11-22(26)12-9-20)16-27-28-25(29)15-19-6-4-18(2)5-7-19/h4-14,16H,3,15,17H2,1-2H3,(H,28,29)/b27-16-. The van der Waals surface area contributed by atoms with Crippen LogP contribution in [0.5, 0.6) is 11.5 Å². The normalized spacial score (nSPS) is 10.8. The lowest BCUT2D eigenvalue weighted by Crippen LogP contribution is -2.19. The molecule has 0 fully saturated rings. The second kappa shape index (κ2) is 11.2. The minimum absolute atomic E-state index is 0.173. The van der Waals surface area contributed by atoms with Gasteiger partial charge < -0.3 is 9.47 Å². The summed E-state index contributed by atoms with van der Waals surface area (Å²) in [7, 11) is 0. The summed E-state index contributed by atoms with van der Waals surface area (Å²) in [5, 5.41) is 4.74. The molecule has 0 aliphatic carbocycles. The van der Waals surface area contributed by atoms with Crippen LogP contribution >= 0.6 is 11.6 Å². The number of carbonyl (C=O) groups excluding carboxylic acids is 1. The van der Waals surface area contributed by atoms with Crippen LogP contribution in [0.2, 0.25) is 5.02 Å². The molecular weight excluding hydrogens is 412 g/mol. The molecule has 1 N–H and O–H groups in total. The Morgan fingerprint density at radius 1 is 0.968 bits per heavy atom. The number of hydrazone groups is 1. The third-order valence-electron chi connectivity index (χ3n) is 4.46. The maximum Gasteiger partial charge on any atom is 0.244 e. The Labute approximate surface area is 187 Å². The number of aryl methyl sites for hydroxylation is 1. The van der Waals surface area contributed by atoms with Gasteiger partial charge in [0, 0.05) is 5.02 Å². The fourth-order valence-corrected chi connectivity index (χ4v) is 2.97. The van der Waals surface area contributed by atoms with Gasteiger partial charge in [-0.2, -0.15) is 5.10 Å². The maximum absolute atomic E-state index is 12.1. The van der Waals surface area contributed by atoms with Gasteiger partial charge in [0.25, 0.3) is 0 Å². The quantitative estimate of drug-likeness (QED) is 0.365. The molecule has 0 radical (unpaired) electrons. The second-order valence-electron chi connectivity index (χ2n) is 7.01. The molecule has 0 heterocycles. The second-order valence-corrected chi connectivity index (χ2v) is 7.45. The minimum Gasteiger partial charge on any atom is -0.490 e. The molecule has 6 heteroatoms. The monoisotopic (exact) mass is 436 g/mol. The third kappa shape index (κ3) is 7.15. The summed E-state index contributed by atoms with van der Waals surface area (Å²) in [6, 6.07) is 20.9. The van der Waals surface area contributed by atoms with E-state index in [1.807, 2.05) is 80.6 Å². The van der Waals surface area contributed by atoms with E-state index in [1.54, 1.807) is 6.21 Å². The van der Waals surface area contributed by atoms with Crippen molar-refractivity contribution in [2.75, 3.05) is 6.61 Å². The van der Waals surface area contributed by atoms with Gasteiger partial charge in [0.1, 0.15) is 6.61 Å². The van der Waals surface area contributed by atoms with Gasteiger partial charge in [-0.15, -0.1) is 0 Å². The number of ether oxygens (including phenoxy) is 2. The van der Waals surface area contributed by atoms with E-state index >= 15 is 0 Å². The van der Waals surface area contributed by atoms with Crippen molar-refractivity contribution in [3.63, 3.8) is 0 Å². The van der Waals surface area contributed by atoms with E-state index in [-0.39, 0.29) is 12.3 Å². The maximum atomic E-state index is 12.1. The number of halogens is 1. The molecule has 0 saturated carbocycles. The molecule has 3 aromatic carbocycles. The van der Waals surface area contributed by atoms with Gasteiger partial charge in [0.05, 0.1) is 19.2 Å². The number of nitrogens with one attached hydrogen (secondary N) is 1. The van der Waals surface area contributed by atoms with Gasteiger partial charge >= 0.3 is 0 Å². The highest BCUT2D eigenvalue weighted by Crippen LogP contribution is 2.29. The van der Waals surface area contributed by atoms with Crippen molar-refractivity contribution < 1.29 is 14.3 Å². The van der Waals surface area contributed by atoms with E-state index in [4.69, 9.17) is 21.1 Å². The van der Waals surface area contributed by atoms with E-state index in [1.165, 1.54) is 0 Å². The lowest BCUT2D eigenvalue weighted by Gasteiger charge is -2.12. The molecule has 31 heavy (non-hydrogen) atoms. The molecule has 0 saturated heterocycles. The molecular formula is C25H25ClN2O3. The van der Waals surface area contributed by atoms with E-state index in [0.29, 0.717) is 29.7 Å². The van der Waals surface area contributed by atoms with Crippen LogP contribution in [0.3, 0.4) is 0 Å². The van der Waals surface area contributed by atoms with E-state index in [0.717, 1.165) is 22.3 Å². The molecule has 3 rings (SSSR count). The van der Waals surface area contributed by atoms with Crippen molar-refractivity contribution in [2.45, 2.75) is 26.9 Å². The van der Waals surface area contributed by atoms with Crippen LogP contribution in [0.15, 0.2) is 71.8 Å². The number of hydrogen-bond donors (Lipinski definition) is 1. The van der Waals surface area contributed by atoms with Crippen LogP contribution in [-0.4, -0.2) is 18.7 Å². The first-order chi connectivity index (χ1) is 15.0. The Morgan fingerprint density at radius 3 is 2.39 bits per heavy atom. The minimum atomic E-state index is -0.173. The van der Waals surface area contributed by atoms with E-state index in [9.17, 15) is 4.79 Å². The smallest absolute Gasteiger partial charge is 0.244 e. The number of benzene rings is 3. The number of nitrogens with zero attached hydrogens (tertiary/aromatic N) is 1. The van der Waals surface area contributed by atoms with Gasteiger partial charge in [0.15, 0.2) is 11.5 Å². The largest absolute Gasteiger partial charge is 0.490 e. The van der Waals surface area contributed by atoms with Gasteiger partial charge in [0.2, 0.25) is 5.91 Å². The molecule has 0 aliphatic heterocycles. The first-order valence-corrected chi connectivity index (χ1v) is 10.4. The molecule has 0 bridgehead atoms. The first-order valence-electron chi connectivity index (χ1n) is 10.0. The van der Waals surface area contributed by atoms with Gasteiger partial charge in [-0.1, -0.05) is 53.6 Å². The van der Waals surface area contributed by atoms with Gasteiger partial charge in [-0.3, -0.25) is 4.79 Å². The molecule has 0 aromatic heterocycles. The molecule has 3 aromatic rings. The highest BCUT2D eigenvalue weighted by molar-refractivity contribution is 6.30. The van der Waals surface area contributed by atoms with Crippen LogP contribution in [0.4, 0.5) is 0 Å². The summed E-state index contributed by atoms with van der Waals surface area (Å²) in [5.74, 6) is 1.08. The Bertz CT molecular complexity index is 1030. The topological polar surface area (TPSA) is 59.9 Å². The van der Waals surface area contributed by atoms with Gasteiger partial charge in [-0.25, -0.2) is 5.43 Å². The lowest BCUT2D eigenvalue weighted by molar-refractivity contribution is -0.120. The fourth-order valence-electron chi connectivity index (χ4n) is 2.84. The van der Waals surface area contributed by atoms with E-state index in [2.05, 4.69) is 10.5 Å². The predicted molar refractivity (Wildman–Crippen MR) is 124 cm³/mol. The van der Waals surface area contributed by atoms with Crippen LogP contribution < -0.4 is 14.9 Å². The molecule has 160 valence electrons. The van der Waals surface area contributed by atoms with E-state index < -0.39 is 0 Å². The zero-order chi connectivity index (χ0) is 22.1. The summed E-state index contributed by atoms with van der Waals surface area (Å²) in [6.45, 7) is 4.83. The van der Waals surface area contributed by atoms with Crippen molar-refractivity contribution in [1.29, 1.82) is 0 Å². The Kier molecular flexibility index (Phi) is 8.07. The molecule has 0 atom stereocenters. The Hall–Kier alpha value is -3.31. The zero-order valence-corrected chi connectivity index (χ0v) is 18.4. The molecule has 1 amide bonds. The van der Waals surface area contributed by atoms with Crippen molar-refractivity contribution >= 4 is 23.7 Å². The highest BCUT2D eigenvalue weighted by Gasteiger charge is 2.07. The lowest BCUT2D eigenvalue weighted by atomic mass is 10.1. The zero-order valence-electron chi connectivity index (χ0n) is 17.6. The molecule has 5 nitrogen and oxygen atoms in total. The average molecular weight is 437 g/mol. The summed E-state index contributed by atoms with van der Waals surface area (Å²) in [6.07, 6.45) is 1.86. The molecule has 0 spiro atoms. The van der Waals surface area contributed by atoms with Crippen LogP contribution in [0, 0.1) is 6.92 Å². The summed E-state index contributed by atoms with van der Waals surface area (Å²) >= 11 is 5.92. The van der Waals surface area contributed by atoms with Crippen molar-refractivity contribution in [3.8, 4) is 11.5 Å². The summed E-state index contributed by atoms with van der Waals surface area (Å²) in [5.41, 5.74) is 6.46. The van der Waals surface area contributed by atoms with Crippen molar-refractivity contribution in [1.82, 2.24) is 5.43 Å². The van der Waals surface area contributed by atoms with Crippen molar-refractivity contribution in [2.24, 2.45) is 5.10 Å². The van der Waals surface area contributed by atoms with Crippen molar-refractivity contribution in [3.05, 3.63) is 94.0 Å². The number of rotatable bonds is 9. The predicted octanol–water partition coefficient (Wildman–Crippen LogP) is 5.32. The first kappa shape index (κ1) is 22.4. The highest BCUT2D eigenvalue weighted by atomic mass is 35.5. The van der Waals surface area contributed by atoms with Crippen LogP contribution in [0.25, 0.3) is 0 Å². The number of amides is 1. The van der Waals surface area contributed by atoms with Gasteiger partial charge in [-0.05, 0) is 60.9 Å². The summed E-state index contributed by atoms with van der Waals surface area (Å²) < 4.78 is 11.6. The molecule has 0 unspecified atom stereocenters.